The normalized spacial score (nSPS) is 10.9. The summed E-state index contributed by atoms with van der Waals surface area (Å²) >= 11 is 0. The van der Waals surface area contributed by atoms with Gasteiger partial charge in [-0.25, -0.2) is 0 Å². The smallest absolute Gasteiger partial charge is 0.248 e. The van der Waals surface area contributed by atoms with Gasteiger partial charge in [-0.1, -0.05) is 0 Å². The summed E-state index contributed by atoms with van der Waals surface area (Å²) < 4.78 is 21.0. The van der Waals surface area contributed by atoms with Crippen molar-refractivity contribution in [1.29, 1.82) is 0 Å². The molecule has 1 amide bonds. The Kier molecular flexibility index (Phi) is 6.49. The van der Waals surface area contributed by atoms with Crippen molar-refractivity contribution in [2.45, 2.75) is 6.92 Å². The van der Waals surface area contributed by atoms with E-state index in [-0.39, 0.29) is 5.91 Å². The minimum absolute atomic E-state index is 0.274. The molecule has 0 saturated carbocycles. The lowest BCUT2D eigenvalue weighted by atomic mass is 10.1. The lowest BCUT2D eigenvalue weighted by Gasteiger charge is -2.12. The monoisotopic (exact) mass is 357 g/mol. The van der Waals surface area contributed by atoms with Crippen LogP contribution in [-0.4, -0.2) is 34.3 Å². The molecule has 0 atom stereocenters. The van der Waals surface area contributed by atoms with Crippen LogP contribution in [-0.2, 0) is 4.79 Å². The van der Waals surface area contributed by atoms with Crippen LogP contribution < -0.4 is 24.3 Å². The number of hydrogen-bond donors (Lipinski definition) is 1. The van der Waals surface area contributed by atoms with E-state index in [2.05, 4.69) is 5.32 Å². The molecule has 1 N–H and O–H groups in total. The zero-order valence-electron chi connectivity index (χ0n) is 15.6. The van der Waals surface area contributed by atoms with Crippen molar-refractivity contribution in [3.63, 3.8) is 0 Å². The second-order valence-electron chi connectivity index (χ2n) is 5.45. The minimum Gasteiger partial charge on any atom is -0.497 e. The quantitative estimate of drug-likeness (QED) is 0.764. The number of allylic oxidation sites excluding steroid dienone is 1. The maximum absolute atomic E-state index is 12.4. The first kappa shape index (κ1) is 19.2. The molecule has 0 unspecified atom stereocenters. The number of nitrogens with one attached hydrogen (secondary N) is 1. The van der Waals surface area contributed by atoms with Crippen LogP contribution in [0.15, 0.2) is 42.5 Å². The first-order chi connectivity index (χ1) is 12.5. The lowest BCUT2D eigenvalue weighted by molar-refractivity contribution is -0.111. The van der Waals surface area contributed by atoms with Crippen molar-refractivity contribution in [2.24, 2.45) is 0 Å². The molecule has 0 bridgehead atoms. The predicted molar refractivity (Wildman–Crippen MR) is 101 cm³/mol. The fraction of sp³-hybridized carbons (Fsp3) is 0.250. The summed E-state index contributed by atoms with van der Waals surface area (Å²) in [4.78, 5) is 12.4. The van der Waals surface area contributed by atoms with Gasteiger partial charge >= 0.3 is 0 Å². The molecule has 0 aromatic heterocycles. The van der Waals surface area contributed by atoms with Gasteiger partial charge in [0.2, 0.25) is 5.91 Å². The summed E-state index contributed by atoms with van der Waals surface area (Å²) in [5.41, 5.74) is 2.13. The Labute approximate surface area is 153 Å². The predicted octanol–water partition coefficient (Wildman–Crippen LogP) is 3.76. The van der Waals surface area contributed by atoms with E-state index in [0.29, 0.717) is 28.7 Å². The van der Waals surface area contributed by atoms with Crippen molar-refractivity contribution in [3.8, 4) is 23.0 Å². The number of anilines is 1. The number of carbonyl (C=O) groups excluding carboxylic acids is 1. The van der Waals surface area contributed by atoms with Crippen LogP contribution in [0, 0.1) is 0 Å². The number of amides is 1. The molecular formula is C20H23NO5. The van der Waals surface area contributed by atoms with E-state index in [1.54, 1.807) is 45.6 Å². The van der Waals surface area contributed by atoms with Crippen LogP contribution in [0.1, 0.15) is 12.5 Å². The fourth-order valence-electron chi connectivity index (χ4n) is 2.47. The second kappa shape index (κ2) is 8.80. The molecule has 0 aliphatic heterocycles. The van der Waals surface area contributed by atoms with E-state index in [1.165, 1.54) is 13.2 Å². The van der Waals surface area contributed by atoms with Crippen molar-refractivity contribution in [1.82, 2.24) is 0 Å². The molecule has 0 spiro atoms. The van der Waals surface area contributed by atoms with Crippen molar-refractivity contribution < 1.29 is 23.7 Å². The molecule has 138 valence electrons. The average Bonchev–Trinajstić information content (AvgIpc) is 2.67. The van der Waals surface area contributed by atoms with Gasteiger partial charge in [-0.3, -0.25) is 4.79 Å². The largest absolute Gasteiger partial charge is 0.497 e. The molecule has 0 fully saturated rings. The van der Waals surface area contributed by atoms with E-state index in [0.717, 1.165) is 11.1 Å². The number of methoxy groups -OCH3 is 4. The Morgan fingerprint density at radius 3 is 2.00 bits per heavy atom. The van der Waals surface area contributed by atoms with Crippen LogP contribution in [0.2, 0.25) is 0 Å². The van der Waals surface area contributed by atoms with E-state index in [4.69, 9.17) is 18.9 Å². The second-order valence-corrected chi connectivity index (χ2v) is 5.45. The van der Waals surface area contributed by atoms with Crippen molar-refractivity contribution >= 4 is 17.2 Å². The Morgan fingerprint density at radius 1 is 0.846 bits per heavy atom. The zero-order chi connectivity index (χ0) is 19.1. The van der Waals surface area contributed by atoms with Gasteiger partial charge in [0.1, 0.15) is 23.0 Å². The third-order valence-corrected chi connectivity index (χ3v) is 3.85. The zero-order valence-corrected chi connectivity index (χ0v) is 15.6. The van der Waals surface area contributed by atoms with Gasteiger partial charge in [0.25, 0.3) is 0 Å². The highest BCUT2D eigenvalue weighted by Gasteiger charge is 2.11. The fourth-order valence-corrected chi connectivity index (χ4v) is 2.47. The SMILES string of the molecule is COc1ccc(NC(=O)/C=C(\C)c2ccc(OC)cc2OC)c(OC)c1. The van der Waals surface area contributed by atoms with E-state index >= 15 is 0 Å². The number of ether oxygens (including phenoxy) is 4. The van der Waals surface area contributed by atoms with E-state index in [1.807, 2.05) is 19.1 Å². The van der Waals surface area contributed by atoms with Crippen LogP contribution in [0.4, 0.5) is 5.69 Å². The lowest BCUT2D eigenvalue weighted by Crippen LogP contribution is -2.10. The van der Waals surface area contributed by atoms with Crippen LogP contribution in [0.5, 0.6) is 23.0 Å². The molecule has 2 rings (SSSR count). The Balaban J connectivity index is 2.23. The molecule has 2 aromatic carbocycles. The van der Waals surface area contributed by atoms with E-state index in [9.17, 15) is 4.79 Å². The van der Waals surface area contributed by atoms with Gasteiger partial charge in [0.15, 0.2) is 0 Å². The molecule has 6 heteroatoms. The number of carbonyl (C=O) groups is 1. The van der Waals surface area contributed by atoms with Crippen molar-refractivity contribution in [2.75, 3.05) is 33.8 Å². The van der Waals surface area contributed by atoms with Gasteiger partial charge in [0, 0.05) is 23.8 Å². The standard InChI is InChI=1S/C20H23NO5/c1-13(16-8-6-14(23-2)11-18(16)25-4)10-20(22)21-17-9-7-15(24-3)12-19(17)26-5/h6-12H,1-5H3,(H,21,22)/b13-10+. The van der Waals surface area contributed by atoms with Crippen LogP contribution >= 0.6 is 0 Å². The van der Waals surface area contributed by atoms with E-state index < -0.39 is 0 Å². The third-order valence-electron chi connectivity index (χ3n) is 3.85. The van der Waals surface area contributed by atoms with Gasteiger partial charge < -0.3 is 24.3 Å². The summed E-state index contributed by atoms with van der Waals surface area (Å²) in [7, 11) is 6.27. The molecule has 26 heavy (non-hydrogen) atoms. The van der Waals surface area contributed by atoms with Gasteiger partial charge in [0.05, 0.1) is 34.1 Å². The van der Waals surface area contributed by atoms with Crippen LogP contribution in [0.25, 0.3) is 5.57 Å². The summed E-state index contributed by atoms with van der Waals surface area (Å²) in [5.74, 6) is 2.21. The number of hydrogen-bond acceptors (Lipinski definition) is 5. The average molecular weight is 357 g/mol. The van der Waals surface area contributed by atoms with Gasteiger partial charge in [-0.2, -0.15) is 0 Å². The summed E-state index contributed by atoms with van der Waals surface area (Å²) in [6.45, 7) is 1.84. The first-order valence-electron chi connectivity index (χ1n) is 7.96. The molecule has 0 aliphatic rings. The molecular weight excluding hydrogens is 334 g/mol. The highest BCUT2D eigenvalue weighted by atomic mass is 16.5. The Hall–Kier alpha value is -3.15. The highest BCUT2D eigenvalue weighted by Crippen LogP contribution is 2.31. The molecule has 2 aromatic rings. The molecule has 0 radical (unpaired) electrons. The molecule has 0 aliphatic carbocycles. The van der Waals surface area contributed by atoms with Gasteiger partial charge in [-0.15, -0.1) is 0 Å². The molecule has 0 saturated heterocycles. The maximum Gasteiger partial charge on any atom is 0.248 e. The molecule has 6 nitrogen and oxygen atoms in total. The van der Waals surface area contributed by atoms with Crippen LogP contribution in [0.3, 0.4) is 0 Å². The Bertz CT molecular complexity index is 814. The summed E-state index contributed by atoms with van der Waals surface area (Å²) in [6, 6.07) is 10.6. The summed E-state index contributed by atoms with van der Waals surface area (Å²) in [6.07, 6.45) is 1.51. The number of rotatable bonds is 7. The number of benzene rings is 2. The summed E-state index contributed by atoms with van der Waals surface area (Å²) in [5, 5.41) is 2.81. The third kappa shape index (κ3) is 4.47. The Morgan fingerprint density at radius 2 is 1.42 bits per heavy atom. The minimum atomic E-state index is -0.274. The first-order valence-corrected chi connectivity index (χ1v) is 7.96. The highest BCUT2D eigenvalue weighted by molar-refractivity contribution is 6.04. The van der Waals surface area contributed by atoms with Crippen molar-refractivity contribution in [3.05, 3.63) is 48.0 Å². The van der Waals surface area contributed by atoms with Gasteiger partial charge in [-0.05, 0) is 36.8 Å². The maximum atomic E-state index is 12.4. The topological polar surface area (TPSA) is 66.0 Å². The molecule has 0 heterocycles.